The lowest BCUT2D eigenvalue weighted by Gasteiger charge is -2.23. The van der Waals surface area contributed by atoms with E-state index in [0.717, 1.165) is 17.5 Å². The normalized spacial score (nSPS) is 13.1. The van der Waals surface area contributed by atoms with E-state index in [1.54, 1.807) is 33.8 Å². The van der Waals surface area contributed by atoms with Gasteiger partial charge in [-0.1, -0.05) is 66.7 Å². The van der Waals surface area contributed by atoms with Gasteiger partial charge in [-0.25, -0.2) is 4.79 Å². The summed E-state index contributed by atoms with van der Waals surface area (Å²) in [6.07, 6.45) is 3.77. The number of carbonyl (C=O) groups excluding carboxylic acids is 3. The Labute approximate surface area is 202 Å². The fraction of sp³-hybridized carbons (Fsp3) is 0.370. The fourth-order valence-corrected chi connectivity index (χ4v) is 3.09. The minimum Gasteiger partial charge on any atom is -0.444 e. The number of benzene rings is 2. The molecular formula is C27H35N3O4. The molecule has 0 radical (unpaired) electrons. The number of aryl methyl sites for hydroxylation is 1. The molecule has 0 saturated carbocycles. The van der Waals surface area contributed by atoms with E-state index < -0.39 is 23.8 Å². The van der Waals surface area contributed by atoms with Gasteiger partial charge in [0.1, 0.15) is 11.6 Å². The van der Waals surface area contributed by atoms with Crippen LogP contribution < -0.4 is 16.0 Å². The molecule has 0 aliphatic heterocycles. The minimum absolute atomic E-state index is 0.247. The van der Waals surface area contributed by atoms with Crippen LogP contribution in [0.4, 0.5) is 4.79 Å². The molecule has 2 aromatic carbocycles. The Morgan fingerprint density at radius 1 is 0.912 bits per heavy atom. The zero-order valence-electron chi connectivity index (χ0n) is 20.3. The van der Waals surface area contributed by atoms with Crippen LogP contribution in [0.5, 0.6) is 0 Å². The van der Waals surface area contributed by atoms with Gasteiger partial charge < -0.3 is 20.7 Å². The van der Waals surface area contributed by atoms with Crippen molar-refractivity contribution in [1.29, 1.82) is 0 Å². The molecule has 0 heterocycles. The Balaban J connectivity index is 1.97. The van der Waals surface area contributed by atoms with Crippen molar-refractivity contribution in [3.8, 4) is 0 Å². The topological polar surface area (TPSA) is 96.5 Å². The summed E-state index contributed by atoms with van der Waals surface area (Å²) in [7, 11) is 0. The van der Waals surface area contributed by atoms with Crippen molar-refractivity contribution >= 4 is 17.9 Å². The van der Waals surface area contributed by atoms with Crippen LogP contribution in [0, 0.1) is 0 Å². The standard InChI is InChI=1S/C27H35N3O4/c1-20(29-26(33)34-27(2,3)4)25(32)30-23(16-15-21-11-7-5-8-12-21)17-18-24(31)28-19-22-13-9-6-10-14-22/h5-14,17-18,20,23H,15-16,19H2,1-4H3,(H,28,31)(H,29,33)(H,30,32)/b18-17+/t20-,23-/m0/s1. The first-order chi connectivity index (χ1) is 16.1. The number of carbonyl (C=O) groups is 3. The van der Waals surface area contributed by atoms with Crippen LogP contribution in [0.2, 0.25) is 0 Å². The number of ether oxygens (including phenoxy) is 1. The summed E-state index contributed by atoms with van der Waals surface area (Å²) in [6.45, 7) is 7.27. The van der Waals surface area contributed by atoms with Crippen LogP contribution in [0.15, 0.2) is 72.8 Å². The molecule has 0 spiro atoms. The fourth-order valence-electron chi connectivity index (χ4n) is 3.09. The van der Waals surface area contributed by atoms with Gasteiger partial charge in [0.25, 0.3) is 0 Å². The molecule has 0 unspecified atom stereocenters. The zero-order valence-corrected chi connectivity index (χ0v) is 20.3. The minimum atomic E-state index is -0.797. The summed E-state index contributed by atoms with van der Waals surface area (Å²) < 4.78 is 5.21. The third-order valence-corrected chi connectivity index (χ3v) is 4.83. The third kappa shape index (κ3) is 10.8. The van der Waals surface area contributed by atoms with Gasteiger partial charge in [0.2, 0.25) is 11.8 Å². The average Bonchev–Trinajstić information content (AvgIpc) is 2.79. The molecule has 182 valence electrons. The first-order valence-corrected chi connectivity index (χ1v) is 11.5. The summed E-state index contributed by atoms with van der Waals surface area (Å²) in [4.78, 5) is 37.0. The predicted molar refractivity (Wildman–Crippen MR) is 133 cm³/mol. The summed E-state index contributed by atoms with van der Waals surface area (Å²) in [5, 5.41) is 8.29. The highest BCUT2D eigenvalue weighted by molar-refractivity contribution is 5.88. The van der Waals surface area contributed by atoms with E-state index in [0.29, 0.717) is 13.0 Å². The van der Waals surface area contributed by atoms with Crippen LogP contribution in [0.25, 0.3) is 0 Å². The molecule has 0 aromatic heterocycles. The lowest BCUT2D eigenvalue weighted by atomic mass is 10.0. The van der Waals surface area contributed by atoms with E-state index in [-0.39, 0.29) is 11.8 Å². The average molecular weight is 466 g/mol. The van der Waals surface area contributed by atoms with Crippen molar-refractivity contribution in [2.45, 2.75) is 64.8 Å². The van der Waals surface area contributed by atoms with Crippen LogP contribution in [-0.4, -0.2) is 35.6 Å². The molecule has 2 aromatic rings. The van der Waals surface area contributed by atoms with Crippen LogP contribution in [0.3, 0.4) is 0 Å². The van der Waals surface area contributed by atoms with Crippen LogP contribution in [-0.2, 0) is 27.3 Å². The Morgan fingerprint density at radius 2 is 1.50 bits per heavy atom. The summed E-state index contributed by atoms with van der Waals surface area (Å²) >= 11 is 0. The SMILES string of the molecule is C[C@H](NC(=O)OC(C)(C)C)C(=O)N[C@H](/C=C/C(=O)NCc1ccccc1)CCc1ccccc1. The number of nitrogens with one attached hydrogen (secondary N) is 3. The van der Waals surface area contributed by atoms with Crippen LogP contribution >= 0.6 is 0 Å². The molecule has 0 bridgehead atoms. The predicted octanol–water partition coefficient (Wildman–Crippen LogP) is 3.89. The van der Waals surface area contributed by atoms with E-state index >= 15 is 0 Å². The van der Waals surface area contributed by atoms with E-state index in [2.05, 4.69) is 16.0 Å². The van der Waals surface area contributed by atoms with E-state index in [9.17, 15) is 14.4 Å². The van der Waals surface area contributed by atoms with Crippen molar-refractivity contribution in [2.75, 3.05) is 0 Å². The first-order valence-electron chi connectivity index (χ1n) is 11.5. The maximum atomic E-state index is 12.7. The molecule has 3 amide bonds. The molecule has 2 atom stereocenters. The molecule has 7 heteroatoms. The lowest BCUT2D eigenvalue weighted by molar-refractivity contribution is -0.123. The summed E-state index contributed by atoms with van der Waals surface area (Å²) in [5.74, 6) is -0.610. The highest BCUT2D eigenvalue weighted by Gasteiger charge is 2.22. The molecule has 0 aliphatic rings. The molecule has 34 heavy (non-hydrogen) atoms. The summed E-state index contributed by atoms with van der Waals surface area (Å²) in [5.41, 5.74) is 1.47. The molecule has 2 rings (SSSR count). The van der Waals surface area contributed by atoms with Gasteiger partial charge in [0, 0.05) is 18.7 Å². The quantitative estimate of drug-likeness (QED) is 0.464. The third-order valence-electron chi connectivity index (χ3n) is 4.83. The van der Waals surface area contributed by atoms with Crippen molar-refractivity contribution < 1.29 is 19.1 Å². The largest absolute Gasteiger partial charge is 0.444 e. The number of hydrogen-bond donors (Lipinski definition) is 3. The Bertz CT molecular complexity index is 953. The molecule has 7 nitrogen and oxygen atoms in total. The van der Waals surface area contributed by atoms with Gasteiger partial charge >= 0.3 is 6.09 Å². The van der Waals surface area contributed by atoms with E-state index in [4.69, 9.17) is 4.74 Å². The second-order valence-corrected chi connectivity index (χ2v) is 9.07. The highest BCUT2D eigenvalue weighted by Crippen LogP contribution is 2.08. The van der Waals surface area contributed by atoms with Crippen molar-refractivity contribution in [2.24, 2.45) is 0 Å². The van der Waals surface area contributed by atoms with Crippen molar-refractivity contribution in [3.05, 3.63) is 83.9 Å². The maximum Gasteiger partial charge on any atom is 0.408 e. The van der Waals surface area contributed by atoms with Crippen molar-refractivity contribution in [1.82, 2.24) is 16.0 Å². The van der Waals surface area contributed by atoms with Crippen molar-refractivity contribution in [3.63, 3.8) is 0 Å². The van der Waals surface area contributed by atoms with Gasteiger partial charge in [0.15, 0.2) is 0 Å². The second kappa shape index (κ2) is 13.2. The smallest absolute Gasteiger partial charge is 0.408 e. The summed E-state index contributed by atoms with van der Waals surface area (Å²) in [6, 6.07) is 18.3. The van der Waals surface area contributed by atoms with Gasteiger partial charge in [-0.05, 0) is 51.7 Å². The lowest BCUT2D eigenvalue weighted by Crippen LogP contribution is -2.49. The monoisotopic (exact) mass is 465 g/mol. The number of alkyl carbamates (subject to hydrolysis) is 1. The van der Waals surface area contributed by atoms with Gasteiger partial charge in [-0.3, -0.25) is 9.59 Å². The van der Waals surface area contributed by atoms with E-state index in [1.165, 1.54) is 6.08 Å². The Kier molecular flexibility index (Phi) is 10.3. The second-order valence-electron chi connectivity index (χ2n) is 9.07. The zero-order chi connectivity index (χ0) is 25.0. The molecule has 0 saturated heterocycles. The number of hydrogen-bond acceptors (Lipinski definition) is 4. The van der Waals surface area contributed by atoms with Crippen LogP contribution in [0.1, 0.15) is 45.2 Å². The van der Waals surface area contributed by atoms with Gasteiger partial charge in [-0.15, -0.1) is 0 Å². The van der Waals surface area contributed by atoms with Gasteiger partial charge in [-0.2, -0.15) is 0 Å². The highest BCUT2D eigenvalue weighted by atomic mass is 16.6. The number of amides is 3. The van der Waals surface area contributed by atoms with Gasteiger partial charge in [0.05, 0.1) is 0 Å². The molecule has 0 aliphatic carbocycles. The Morgan fingerprint density at radius 3 is 2.09 bits per heavy atom. The molecule has 3 N–H and O–H groups in total. The molecule has 0 fully saturated rings. The maximum absolute atomic E-state index is 12.7. The number of rotatable bonds is 10. The van der Waals surface area contributed by atoms with E-state index in [1.807, 2.05) is 60.7 Å². The first kappa shape index (κ1) is 26.6. The molecular weight excluding hydrogens is 430 g/mol. The Hall–Kier alpha value is -3.61.